The van der Waals surface area contributed by atoms with Crippen molar-refractivity contribution in [2.24, 2.45) is 0 Å². The van der Waals surface area contributed by atoms with E-state index in [9.17, 15) is 9.59 Å². The molecule has 0 spiro atoms. The second-order valence-electron chi connectivity index (χ2n) is 5.66. The molecule has 1 aliphatic rings. The number of hydrogen-bond acceptors (Lipinski definition) is 4. The molecule has 2 heterocycles. The van der Waals surface area contributed by atoms with Gasteiger partial charge in [0.05, 0.1) is 12.8 Å². The van der Waals surface area contributed by atoms with Crippen LogP contribution in [0.25, 0.3) is 0 Å². The number of nitrogens with zero attached hydrogens (tertiary/aromatic N) is 2. The zero-order valence-electron chi connectivity index (χ0n) is 12.6. The highest BCUT2D eigenvalue weighted by molar-refractivity contribution is 5.94. The van der Waals surface area contributed by atoms with Crippen LogP contribution in [0, 0.1) is 0 Å². The van der Waals surface area contributed by atoms with Crippen molar-refractivity contribution >= 4 is 11.9 Å². The van der Waals surface area contributed by atoms with Crippen molar-refractivity contribution in [2.75, 3.05) is 0 Å². The van der Waals surface area contributed by atoms with Gasteiger partial charge in [-0.2, -0.15) is 0 Å². The monoisotopic (exact) mass is 314 g/mol. The molecule has 0 radical (unpaired) electrons. The minimum Gasteiger partial charge on any atom is -0.477 e. The summed E-state index contributed by atoms with van der Waals surface area (Å²) in [5, 5.41) is 9.05. The first-order chi connectivity index (χ1) is 11.1. The highest BCUT2D eigenvalue weighted by atomic mass is 16.4. The first-order valence-electron chi connectivity index (χ1n) is 7.69. The largest absolute Gasteiger partial charge is 0.477 e. The standard InChI is InChI=1S/C17H18N2O4/c20-16(14-8-3-9-15(18-14)17(21)22)19(12-5-1-2-6-12)11-13-7-4-10-23-13/h3-4,7-10,12H,1-2,5-6,11H2,(H,21,22). The van der Waals surface area contributed by atoms with E-state index in [1.165, 1.54) is 6.07 Å². The number of carboxylic acid groups (broad SMARTS) is 1. The topological polar surface area (TPSA) is 83.6 Å². The number of furan rings is 1. The molecule has 1 aliphatic carbocycles. The Kier molecular flexibility index (Phi) is 4.41. The Balaban J connectivity index is 1.87. The molecule has 0 atom stereocenters. The molecule has 0 bridgehead atoms. The van der Waals surface area contributed by atoms with Crippen molar-refractivity contribution in [3.8, 4) is 0 Å². The van der Waals surface area contributed by atoms with E-state index in [0.717, 1.165) is 25.7 Å². The third-order valence-electron chi connectivity index (χ3n) is 4.12. The fourth-order valence-electron chi connectivity index (χ4n) is 2.97. The number of aromatic carboxylic acids is 1. The van der Waals surface area contributed by atoms with Crippen LogP contribution < -0.4 is 0 Å². The highest BCUT2D eigenvalue weighted by Gasteiger charge is 2.29. The minimum atomic E-state index is -1.14. The fourth-order valence-corrected chi connectivity index (χ4v) is 2.97. The van der Waals surface area contributed by atoms with E-state index in [2.05, 4.69) is 4.98 Å². The van der Waals surface area contributed by atoms with Crippen molar-refractivity contribution < 1.29 is 19.1 Å². The predicted octanol–water partition coefficient (Wildman–Crippen LogP) is 2.96. The zero-order valence-corrected chi connectivity index (χ0v) is 12.6. The van der Waals surface area contributed by atoms with E-state index in [0.29, 0.717) is 12.3 Å². The van der Waals surface area contributed by atoms with Gasteiger partial charge in [-0.05, 0) is 37.1 Å². The van der Waals surface area contributed by atoms with Gasteiger partial charge in [0.15, 0.2) is 0 Å². The molecule has 0 aromatic carbocycles. The summed E-state index contributed by atoms with van der Waals surface area (Å²) < 4.78 is 5.36. The second-order valence-corrected chi connectivity index (χ2v) is 5.66. The van der Waals surface area contributed by atoms with Crippen molar-refractivity contribution in [3.05, 3.63) is 53.7 Å². The summed E-state index contributed by atoms with van der Waals surface area (Å²) in [5.41, 5.74) is 0.0311. The summed E-state index contributed by atoms with van der Waals surface area (Å²) in [5.74, 6) is -0.686. The summed E-state index contributed by atoms with van der Waals surface area (Å²) in [6, 6.07) is 8.24. The van der Waals surface area contributed by atoms with Gasteiger partial charge in [0.1, 0.15) is 17.1 Å². The molecule has 0 unspecified atom stereocenters. The molecule has 3 rings (SSSR count). The Morgan fingerprint density at radius 1 is 1.17 bits per heavy atom. The van der Waals surface area contributed by atoms with Gasteiger partial charge in [-0.3, -0.25) is 4.79 Å². The molecule has 120 valence electrons. The molecule has 2 aromatic heterocycles. The van der Waals surface area contributed by atoms with E-state index >= 15 is 0 Å². The maximum absolute atomic E-state index is 12.9. The maximum Gasteiger partial charge on any atom is 0.354 e. The van der Waals surface area contributed by atoms with E-state index in [1.807, 2.05) is 6.07 Å². The van der Waals surface area contributed by atoms with Gasteiger partial charge in [0.25, 0.3) is 5.91 Å². The number of hydrogen-bond donors (Lipinski definition) is 1. The summed E-state index contributed by atoms with van der Waals surface area (Å²) in [6.07, 6.45) is 5.66. The second kappa shape index (κ2) is 6.64. The van der Waals surface area contributed by atoms with Crippen LogP contribution in [-0.4, -0.2) is 32.9 Å². The third kappa shape index (κ3) is 3.41. The van der Waals surface area contributed by atoms with E-state index in [-0.39, 0.29) is 23.3 Å². The van der Waals surface area contributed by atoms with Crippen molar-refractivity contribution in [2.45, 2.75) is 38.3 Å². The molecular weight excluding hydrogens is 296 g/mol. The Hall–Kier alpha value is -2.63. The molecule has 2 aromatic rings. The lowest BCUT2D eigenvalue weighted by atomic mass is 10.1. The minimum absolute atomic E-state index is 0.125. The summed E-state index contributed by atoms with van der Waals surface area (Å²) >= 11 is 0. The van der Waals surface area contributed by atoms with Crippen LogP contribution in [0.5, 0.6) is 0 Å². The molecule has 1 saturated carbocycles. The lowest BCUT2D eigenvalue weighted by Gasteiger charge is -2.28. The Morgan fingerprint density at radius 3 is 2.57 bits per heavy atom. The van der Waals surface area contributed by atoms with Crippen LogP contribution >= 0.6 is 0 Å². The molecule has 6 heteroatoms. The van der Waals surface area contributed by atoms with Gasteiger partial charge in [0, 0.05) is 6.04 Å². The molecule has 6 nitrogen and oxygen atoms in total. The lowest BCUT2D eigenvalue weighted by molar-refractivity contribution is 0.0641. The quantitative estimate of drug-likeness (QED) is 0.917. The Morgan fingerprint density at radius 2 is 1.91 bits per heavy atom. The van der Waals surface area contributed by atoms with Crippen LogP contribution in [-0.2, 0) is 6.54 Å². The van der Waals surface area contributed by atoms with E-state index < -0.39 is 5.97 Å². The van der Waals surface area contributed by atoms with Gasteiger partial charge in [-0.1, -0.05) is 18.9 Å². The third-order valence-corrected chi connectivity index (χ3v) is 4.12. The highest BCUT2D eigenvalue weighted by Crippen LogP contribution is 2.26. The average molecular weight is 314 g/mol. The van der Waals surface area contributed by atoms with Gasteiger partial charge in [-0.15, -0.1) is 0 Å². The van der Waals surface area contributed by atoms with Crippen molar-refractivity contribution in [1.82, 2.24) is 9.88 Å². The molecule has 23 heavy (non-hydrogen) atoms. The number of carbonyl (C=O) groups excluding carboxylic acids is 1. The zero-order chi connectivity index (χ0) is 16.2. The van der Waals surface area contributed by atoms with Gasteiger partial charge < -0.3 is 14.4 Å². The van der Waals surface area contributed by atoms with Crippen molar-refractivity contribution in [1.29, 1.82) is 0 Å². The van der Waals surface area contributed by atoms with Crippen LogP contribution in [0.3, 0.4) is 0 Å². The van der Waals surface area contributed by atoms with Crippen LogP contribution in [0.1, 0.15) is 52.4 Å². The molecular formula is C17H18N2O4. The number of amides is 1. The smallest absolute Gasteiger partial charge is 0.354 e. The summed E-state index contributed by atoms with van der Waals surface area (Å²) in [4.78, 5) is 29.6. The fraction of sp³-hybridized carbons (Fsp3) is 0.353. The first kappa shape index (κ1) is 15.3. The molecule has 1 amide bonds. The molecule has 0 aliphatic heterocycles. The summed E-state index contributed by atoms with van der Waals surface area (Å²) in [6.45, 7) is 0.371. The van der Waals surface area contributed by atoms with Crippen LogP contribution in [0.15, 0.2) is 41.0 Å². The normalized spacial score (nSPS) is 14.8. The molecule has 1 N–H and O–H groups in total. The molecule has 1 fully saturated rings. The summed E-state index contributed by atoms with van der Waals surface area (Å²) in [7, 11) is 0. The maximum atomic E-state index is 12.9. The number of carboxylic acids is 1. The first-order valence-corrected chi connectivity index (χ1v) is 7.69. The SMILES string of the molecule is O=C(O)c1cccc(C(=O)N(Cc2ccco2)C2CCCC2)n1. The van der Waals surface area contributed by atoms with Gasteiger partial charge >= 0.3 is 5.97 Å². The van der Waals surface area contributed by atoms with Gasteiger partial charge in [-0.25, -0.2) is 9.78 Å². The van der Waals surface area contributed by atoms with Gasteiger partial charge in [0.2, 0.25) is 0 Å². The number of carbonyl (C=O) groups is 2. The Labute approximate surface area is 133 Å². The number of pyridine rings is 1. The van der Waals surface area contributed by atoms with Crippen molar-refractivity contribution in [3.63, 3.8) is 0 Å². The van der Waals surface area contributed by atoms with Crippen LogP contribution in [0.2, 0.25) is 0 Å². The average Bonchev–Trinajstić information content (AvgIpc) is 3.25. The van der Waals surface area contributed by atoms with Crippen LogP contribution in [0.4, 0.5) is 0 Å². The predicted molar refractivity (Wildman–Crippen MR) is 82.0 cm³/mol. The Bertz CT molecular complexity index is 690. The molecule has 0 saturated heterocycles. The lowest BCUT2D eigenvalue weighted by Crippen LogP contribution is -2.38. The van der Waals surface area contributed by atoms with E-state index in [1.54, 1.807) is 29.4 Å². The number of rotatable bonds is 5. The number of aromatic nitrogens is 1. The van der Waals surface area contributed by atoms with E-state index in [4.69, 9.17) is 9.52 Å².